The number of methoxy groups -OCH3 is 1. The third kappa shape index (κ3) is 2.75. The number of carbonyl (C=O) groups excluding carboxylic acids is 1. The molecule has 2 aromatic rings. The maximum absolute atomic E-state index is 12.5. The Labute approximate surface area is 140 Å². The summed E-state index contributed by atoms with van der Waals surface area (Å²) in [7, 11) is 1.63. The van der Waals surface area contributed by atoms with Gasteiger partial charge >= 0.3 is 0 Å². The summed E-state index contributed by atoms with van der Waals surface area (Å²) >= 11 is 1.87. The molecule has 5 heteroatoms. The second-order valence-corrected chi connectivity index (χ2v) is 7.18. The molecule has 4 nitrogen and oxygen atoms in total. The van der Waals surface area contributed by atoms with Gasteiger partial charge in [0.2, 0.25) is 0 Å². The van der Waals surface area contributed by atoms with Crippen LogP contribution in [0.5, 0.6) is 5.75 Å². The van der Waals surface area contributed by atoms with Gasteiger partial charge in [0, 0.05) is 42.7 Å². The monoisotopic (exact) mass is 328 g/mol. The van der Waals surface area contributed by atoms with Gasteiger partial charge in [-0.1, -0.05) is 0 Å². The summed E-state index contributed by atoms with van der Waals surface area (Å²) in [5.41, 5.74) is 2.21. The smallest absolute Gasteiger partial charge is 0.253 e. The Morgan fingerprint density at radius 2 is 2.00 bits per heavy atom. The maximum Gasteiger partial charge on any atom is 0.253 e. The second kappa shape index (κ2) is 5.98. The van der Waals surface area contributed by atoms with Gasteiger partial charge in [-0.15, -0.1) is 11.3 Å². The van der Waals surface area contributed by atoms with Gasteiger partial charge in [-0.25, -0.2) is 0 Å². The van der Waals surface area contributed by atoms with Gasteiger partial charge in [-0.2, -0.15) is 0 Å². The van der Waals surface area contributed by atoms with Gasteiger partial charge in [0.15, 0.2) is 0 Å². The number of amides is 1. The van der Waals surface area contributed by atoms with Crippen LogP contribution in [0.15, 0.2) is 35.7 Å². The highest BCUT2D eigenvalue weighted by Crippen LogP contribution is 2.28. The quantitative estimate of drug-likeness (QED) is 0.868. The zero-order chi connectivity index (χ0) is 15.8. The van der Waals surface area contributed by atoms with Crippen molar-refractivity contribution in [3.63, 3.8) is 0 Å². The van der Waals surface area contributed by atoms with Crippen molar-refractivity contribution in [3.05, 3.63) is 51.7 Å². The van der Waals surface area contributed by atoms with Crippen molar-refractivity contribution in [2.24, 2.45) is 0 Å². The van der Waals surface area contributed by atoms with Gasteiger partial charge in [-0.05, 0) is 47.7 Å². The molecule has 1 fully saturated rings. The number of thiophene rings is 1. The SMILES string of the molecule is COc1ccc(C(=O)N2CC(N3CCc4sccc4C3)C2)cc1. The van der Waals surface area contributed by atoms with E-state index in [0.717, 1.165) is 43.9 Å². The van der Waals surface area contributed by atoms with Crippen molar-refractivity contribution in [2.45, 2.75) is 19.0 Å². The molecule has 23 heavy (non-hydrogen) atoms. The highest BCUT2D eigenvalue weighted by atomic mass is 32.1. The fraction of sp³-hybridized carbons (Fsp3) is 0.389. The topological polar surface area (TPSA) is 32.8 Å². The molecule has 0 radical (unpaired) electrons. The standard InChI is InChI=1S/C18H20N2O2S/c1-22-16-4-2-13(3-5-16)18(21)20-11-15(12-20)19-8-6-17-14(10-19)7-9-23-17/h2-5,7,9,15H,6,8,10-12H2,1H3. The fourth-order valence-corrected chi connectivity index (χ4v) is 4.24. The van der Waals surface area contributed by atoms with Crippen LogP contribution in [0.2, 0.25) is 0 Å². The van der Waals surface area contributed by atoms with Crippen molar-refractivity contribution < 1.29 is 9.53 Å². The number of rotatable bonds is 3. The summed E-state index contributed by atoms with van der Waals surface area (Å²) in [5.74, 6) is 0.903. The van der Waals surface area contributed by atoms with E-state index in [1.165, 1.54) is 10.4 Å². The van der Waals surface area contributed by atoms with Crippen LogP contribution in [0, 0.1) is 0 Å². The normalized spacial score (nSPS) is 18.4. The Balaban J connectivity index is 1.35. The van der Waals surface area contributed by atoms with E-state index in [1.54, 1.807) is 7.11 Å². The van der Waals surface area contributed by atoms with E-state index >= 15 is 0 Å². The Morgan fingerprint density at radius 3 is 2.74 bits per heavy atom. The number of nitrogens with zero attached hydrogens (tertiary/aromatic N) is 2. The van der Waals surface area contributed by atoms with E-state index in [0.29, 0.717) is 6.04 Å². The Morgan fingerprint density at radius 1 is 1.22 bits per heavy atom. The highest BCUT2D eigenvalue weighted by Gasteiger charge is 2.36. The van der Waals surface area contributed by atoms with Crippen LogP contribution in [0.4, 0.5) is 0 Å². The zero-order valence-electron chi connectivity index (χ0n) is 13.2. The molecule has 0 atom stereocenters. The molecule has 0 saturated carbocycles. The lowest BCUT2D eigenvalue weighted by atomic mass is 10.0. The molecule has 3 heterocycles. The van der Waals surface area contributed by atoms with Gasteiger partial charge < -0.3 is 9.64 Å². The summed E-state index contributed by atoms with van der Waals surface area (Å²) in [4.78, 5) is 18.5. The molecular formula is C18H20N2O2S. The third-order valence-electron chi connectivity index (χ3n) is 4.84. The van der Waals surface area contributed by atoms with Crippen molar-refractivity contribution >= 4 is 17.2 Å². The molecule has 2 aliphatic rings. The summed E-state index contributed by atoms with van der Waals surface area (Å²) < 4.78 is 5.14. The number of benzene rings is 1. The molecular weight excluding hydrogens is 308 g/mol. The predicted octanol–water partition coefficient (Wildman–Crippen LogP) is 2.64. The fourth-order valence-electron chi connectivity index (χ4n) is 3.35. The van der Waals surface area contributed by atoms with Crippen LogP contribution in [0.1, 0.15) is 20.8 Å². The highest BCUT2D eigenvalue weighted by molar-refractivity contribution is 7.10. The van der Waals surface area contributed by atoms with Gasteiger partial charge in [0.25, 0.3) is 5.91 Å². The number of ether oxygens (including phenoxy) is 1. The van der Waals surface area contributed by atoms with Crippen LogP contribution < -0.4 is 4.74 Å². The Bertz CT molecular complexity index is 704. The third-order valence-corrected chi connectivity index (χ3v) is 5.86. The van der Waals surface area contributed by atoms with E-state index in [1.807, 2.05) is 40.5 Å². The summed E-state index contributed by atoms with van der Waals surface area (Å²) in [6.45, 7) is 3.82. The average Bonchev–Trinajstić information content (AvgIpc) is 3.01. The predicted molar refractivity (Wildman–Crippen MR) is 91.1 cm³/mol. The first-order valence-electron chi connectivity index (χ1n) is 7.97. The molecule has 4 rings (SSSR count). The van der Waals surface area contributed by atoms with Crippen LogP contribution >= 0.6 is 11.3 Å². The minimum Gasteiger partial charge on any atom is -0.497 e. The lowest BCUT2D eigenvalue weighted by molar-refractivity contribution is 0.0221. The van der Waals surface area contributed by atoms with Crippen LogP contribution in [0.3, 0.4) is 0 Å². The number of hydrogen-bond acceptors (Lipinski definition) is 4. The van der Waals surface area contributed by atoms with Crippen molar-refractivity contribution in [1.82, 2.24) is 9.80 Å². The van der Waals surface area contributed by atoms with Crippen molar-refractivity contribution in [2.75, 3.05) is 26.7 Å². The van der Waals surface area contributed by atoms with Crippen LogP contribution in [-0.2, 0) is 13.0 Å². The minimum absolute atomic E-state index is 0.122. The molecule has 1 aromatic heterocycles. The molecule has 0 bridgehead atoms. The van der Waals surface area contributed by atoms with E-state index in [4.69, 9.17) is 4.74 Å². The Hall–Kier alpha value is -1.85. The second-order valence-electron chi connectivity index (χ2n) is 6.18. The molecule has 0 N–H and O–H groups in total. The molecule has 1 amide bonds. The first-order chi connectivity index (χ1) is 11.2. The van der Waals surface area contributed by atoms with Gasteiger partial charge in [-0.3, -0.25) is 9.69 Å². The Kier molecular flexibility index (Phi) is 3.83. The largest absolute Gasteiger partial charge is 0.497 e. The molecule has 1 aromatic carbocycles. The molecule has 120 valence electrons. The summed E-state index contributed by atoms with van der Waals surface area (Å²) in [5, 5.41) is 2.19. The maximum atomic E-state index is 12.5. The number of fused-ring (bicyclic) bond motifs is 1. The first kappa shape index (κ1) is 14.7. The lowest BCUT2D eigenvalue weighted by Gasteiger charge is -2.46. The molecule has 2 aliphatic heterocycles. The first-order valence-corrected chi connectivity index (χ1v) is 8.85. The van der Waals surface area contributed by atoms with E-state index in [-0.39, 0.29) is 5.91 Å². The van der Waals surface area contributed by atoms with Crippen molar-refractivity contribution in [3.8, 4) is 5.75 Å². The zero-order valence-corrected chi connectivity index (χ0v) is 14.0. The van der Waals surface area contributed by atoms with E-state index < -0.39 is 0 Å². The molecule has 1 saturated heterocycles. The minimum atomic E-state index is 0.122. The number of carbonyl (C=O) groups is 1. The molecule has 0 unspecified atom stereocenters. The van der Waals surface area contributed by atoms with E-state index in [9.17, 15) is 4.79 Å². The molecule has 0 aliphatic carbocycles. The van der Waals surface area contributed by atoms with Crippen LogP contribution in [-0.4, -0.2) is 48.5 Å². The summed E-state index contributed by atoms with van der Waals surface area (Å²) in [6.07, 6.45) is 1.15. The van der Waals surface area contributed by atoms with E-state index in [2.05, 4.69) is 16.3 Å². The number of likely N-dealkylation sites (tertiary alicyclic amines) is 1. The lowest BCUT2D eigenvalue weighted by Crippen LogP contribution is -2.61. The molecule has 0 spiro atoms. The van der Waals surface area contributed by atoms with Gasteiger partial charge in [0.1, 0.15) is 5.75 Å². The average molecular weight is 328 g/mol. The van der Waals surface area contributed by atoms with Crippen LogP contribution in [0.25, 0.3) is 0 Å². The summed E-state index contributed by atoms with van der Waals surface area (Å²) in [6, 6.07) is 10.1. The van der Waals surface area contributed by atoms with Gasteiger partial charge in [0.05, 0.1) is 7.11 Å². The number of hydrogen-bond donors (Lipinski definition) is 0. The van der Waals surface area contributed by atoms with Crippen molar-refractivity contribution in [1.29, 1.82) is 0 Å².